The van der Waals surface area contributed by atoms with Gasteiger partial charge in [0, 0.05) is 29.7 Å². The van der Waals surface area contributed by atoms with Gasteiger partial charge < -0.3 is 5.73 Å². The van der Waals surface area contributed by atoms with Crippen LogP contribution < -0.4 is 5.73 Å². The number of carbonyl (C=O) groups excluding carboxylic acids is 1. The fourth-order valence-corrected chi connectivity index (χ4v) is 2.25. The third-order valence-electron chi connectivity index (χ3n) is 3.40. The molecule has 0 saturated heterocycles. The lowest BCUT2D eigenvalue weighted by atomic mass is 10.1. The van der Waals surface area contributed by atoms with E-state index in [9.17, 15) is 4.79 Å². The summed E-state index contributed by atoms with van der Waals surface area (Å²) in [5.74, 6) is -0.773. The predicted octanol–water partition coefficient (Wildman–Crippen LogP) is 2.33. The van der Waals surface area contributed by atoms with Gasteiger partial charge in [-0.2, -0.15) is 10.4 Å². The average molecular weight is 315 g/mol. The Kier molecular flexibility index (Phi) is 4.17. The number of hydrogen-bond donors (Lipinski definition) is 1. The third kappa shape index (κ3) is 3.05. The lowest BCUT2D eigenvalue weighted by Gasteiger charge is -2.00. The number of nitrogens with zero attached hydrogens (tertiary/aromatic N) is 4. The molecule has 0 aliphatic carbocycles. The molecule has 116 valence electrons. The molecule has 0 bridgehead atoms. The number of hydrogen-bond acceptors (Lipinski definition) is 4. The quantitative estimate of drug-likeness (QED) is 0.590. The van der Waals surface area contributed by atoms with Crippen LogP contribution in [-0.4, -0.2) is 20.7 Å². The van der Waals surface area contributed by atoms with Gasteiger partial charge in [0.1, 0.15) is 17.3 Å². The number of primary amides is 1. The zero-order valence-corrected chi connectivity index (χ0v) is 12.6. The zero-order valence-electron chi connectivity index (χ0n) is 12.6. The van der Waals surface area contributed by atoms with E-state index >= 15 is 0 Å². The van der Waals surface area contributed by atoms with E-state index in [2.05, 4.69) is 10.1 Å². The van der Waals surface area contributed by atoms with Crippen molar-refractivity contribution in [2.75, 3.05) is 0 Å². The normalized spacial score (nSPS) is 11.0. The zero-order chi connectivity index (χ0) is 16.9. The number of nitrogens with two attached hydrogens (primary N) is 1. The van der Waals surface area contributed by atoms with Crippen LogP contribution in [0.1, 0.15) is 5.56 Å². The number of carbonyl (C=O) groups is 1. The molecule has 2 heterocycles. The van der Waals surface area contributed by atoms with Crippen LogP contribution in [0.5, 0.6) is 0 Å². The first-order chi connectivity index (χ1) is 11.7. The minimum Gasteiger partial charge on any atom is -0.365 e. The van der Waals surface area contributed by atoms with Gasteiger partial charge in [0.05, 0.1) is 5.69 Å². The van der Waals surface area contributed by atoms with Gasteiger partial charge in [-0.3, -0.25) is 9.78 Å². The summed E-state index contributed by atoms with van der Waals surface area (Å²) < 4.78 is 1.69. The molecule has 0 unspecified atom stereocenters. The molecule has 0 aliphatic rings. The maximum Gasteiger partial charge on any atom is 0.259 e. The summed E-state index contributed by atoms with van der Waals surface area (Å²) in [6.45, 7) is 0. The summed E-state index contributed by atoms with van der Waals surface area (Å²) in [6, 6.07) is 15.0. The van der Waals surface area contributed by atoms with Crippen LogP contribution in [0.15, 0.2) is 66.6 Å². The van der Waals surface area contributed by atoms with Gasteiger partial charge in [-0.05, 0) is 30.3 Å². The Labute approximate surface area is 138 Å². The average Bonchev–Trinajstić information content (AvgIpc) is 3.05. The third-order valence-corrected chi connectivity index (χ3v) is 3.40. The van der Waals surface area contributed by atoms with Gasteiger partial charge in [0.15, 0.2) is 0 Å². The largest absolute Gasteiger partial charge is 0.365 e. The van der Waals surface area contributed by atoms with E-state index in [0.717, 1.165) is 11.3 Å². The standard InChI is InChI=1S/C18H13N5O/c19-11-14(18(20)24)10-15-12-23(16-4-2-1-3-5-16)22-17(15)13-6-8-21-9-7-13/h1-10,12H,(H2,20,24)/b14-10-. The molecule has 1 aromatic carbocycles. The Hall–Kier alpha value is -3.72. The van der Waals surface area contributed by atoms with E-state index in [4.69, 9.17) is 11.0 Å². The maximum atomic E-state index is 11.4. The number of nitriles is 1. The van der Waals surface area contributed by atoms with Gasteiger partial charge in [-0.1, -0.05) is 18.2 Å². The number of pyridine rings is 1. The van der Waals surface area contributed by atoms with Crippen molar-refractivity contribution in [1.29, 1.82) is 5.26 Å². The highest BCUT2D eigenvalue weighted by atomic mass is 16.1. The number of rotatable bonds is 4. The Balaban J connectivity index is 2.18. The first kappa shape index (κ1) is 15.2. The number of aromatic nitrogens is 3. The van der Waals surface area contributed by atoms with Crippen LogP contribution in [-0.2, 0) is 4.79 Å². The minimum atomic E-state index is -0.773. The molecule has 0 radical (unpaired) electrons. The minimum absolute atomic E-state index is 0.127. The molecule has 3 rings (SSSR count). The van der Waals surface area contributed by atoms with Crippen LogP contribution in [0.25, 0.3) is 23.0 Å². The van der Waals surface area contributed by atoms with Gasteiger partial charge in [0.25, 0.3) is 5.91 Å². The highest BCUT2D eigenvalue weighted by Gasteiger charge is 2.13. The fraction of sp³-hybridized carbons (Fsp3) is 0. The van der Waals surface area contributed by atoms with Crippen LogP contribution in [0, 0.1) is 11.3 Å². The van der Waals surface area contributed by atoms with Crippen molar-refractivity contribution in [1.82, 2.24) is 14.8 Å². The van der Waals surface area contributed by atoms with E-state index < -0.39 is 5.91 Å². The van der Waals surface area contributed by atoms with Crippen molar-refractivity contribution in [2.45, 2.75) is 0 Å². The van der Waals surface area contributed by atoms with E-state index in [-0.39, 0.29) is 5.57 Å². The molecule has 6 heteroatoms. The van der Waals surface area contributed by atoms with Crippen molar-refractivity contribution in [2.24, 2.45) is 5.73 Å². The molecular weight excluding hydrogens is 302 g/mol. The van der Waals surface area contributed by atoms with Crippen molar-refractivity contribution in [3.63, 3.8) is 0 Å². The molecule has 24 heavy (non-hydrogen) atoms. The molecule has 0 fully saturated rings. The molecule has 0 atom stereocenters. The Morgan fingerprint density at radius 3 is 2.50 bits per heavy atom. The molecule has 1 amide bonds. The van der Waals surface area contributed by atoms with Gasteiger partial charge in [0.2, 0.25) is 0 Å². The number of para-hydroxylation sites is 1. The SMILES string of the molecule is N#C/C(=C/c1cn(-c2ccccc2)nc1-c1ccncc1)C(N)=O. The van der Waals surface area contributed by atoms with E-state index in [1.54, 1.807) is 23.3 Å². The molecule has 0 aliphatic heterocycles. The van der Waals surface area contributed by atoms with Gasteiger partial charge >= 0.3 is 0 Å². The fourth-order valence-electron chi connectivity index (χ4n) is 2.25. The van der Waals surface area contributed by atoms with Crippen LogP contribution >= 0.6 is 0 Å². The lowest BCUT2D eigenvalue weighted by molar-refractivity contribution is -0.114. The second kappa shape index (κ2) is 6.58. The first-order valence-corrected chi connectivity index (χ1v) is 7.16. The highest BCUT2D eigenvalue weighted by Crippen LogP contribution is 2.25. The van der Waals surface area contributed by atoms with Crippen molar-refractivity contribution in [3.05, 3.63) is 72.2 Å². The monoisotopic (exact) mass is 315 g/mol. The Morgan fingerprint density at radius 1 is 1.17 bits per heavy atom. The summed E-state index contributed by atoms with van der Waals surface area (Å²) in [5, 5.41) is 13.7. The molecule has 2 N–H and O–H groups in total. The van der Waals surface area contributed by atoms with Crippen LogP contribution in [0.4, 0.5) is 0 Å². The molecule has 6 nitrogen and oxygen atoms in total. The van der Waals surface area contributed by atoms with Crippen molar-refractivity contribution >= 4 is 12.0 Å². The molecule has 2 aromatic heterocycles. The molecule has 3 aromatic rings. The van der Waals surface area contributed by atoms with Crippen molar-refractivity contribution in [3.8, 4) is 23.0 Å². The molecule has 0 spiro atoms. The molecular formula is C18H13N5O. The predicted molar refractivity (Wildman–Crippen MR) is 89.6 cm³/mol. The second-order valence-corrected chi connectivity index (χ2v) is 4.98. The van der Waals surface area contributed by atoms with Crippen LogP contribution in [0.3, 0.4) is 0 Å². The molecule has 0 saturated carbocycles. The Bertz CT molecular complexity index is 937. The maximum absolute atomic E-state index is 11.4. The first-order valence-electron chi connectivity index (χ1n) is 7.16. The van der Waals surface area contributed by atoms with E-state index in [1.807, 2.05) is 48.5 Å². The lowest BCUT2D eigenvalue weighted by Crippen LogP contribution is -2.12. The van der Waals surface area contributed by atoms with Crippen LogP contribution in [0.2, 0.25) is 0 Å². The summed E-state index contributed by atoms with van der Waals surface area (Å²) >= 11 is 0. The summed E-state index contributed by atoms with van der Waals surface area (Å²) in [6.07, 6.45) is 6.52. The van der Waals surface area contributed by atoms with Crippen molar-refractivity contribution < 1.29 is 4.79 Å². The smallest absolute Gasteiger partial charge is 0.259 e. The summed E-state index contributed by atoms with van der Waals surface area (Å²) in [5.41, 5.74) is 8.06. The summed E-state index contributed by atoms with van der Waals surface area (Å²) in [4.78, 5) is 15.3. The topological polar surface area (TPSA) is 97.6 Å². The second-order valence-electron chi connectivity index (χ2n) is 4.98. The van der Waals surface area contributed by atoms with E-state index in [1.165, 1.54) is 6.08 Å². The number of amides is 1. The highest BCUT2D eigenvalue weighted by molar-refractivity contribution is 6.01. The Morgan fingerprint density at radius 2 is 1.88 bits per heavy atom. The van der Waals surface area contributed by atoms with Gasteiger partial charge in [-0.25, -0.2) is 4.68 Å². The number of benzene rings is 1. The summed E-state index contributed by atoms with van der Waals surface area (Å²) in [7, 11) is 0. The van der Waals surface area contributed by atoms with E-state index in [0.29, 0.717) is 11.3 Å². The van der Waals surface area contributed by atoms with Gasteiger partial charge in [-0.15, -0.1) is 0 Å².